The van der Waals surface area contributed by atoms with E-state index in [-0.39, 0.29) is 5.92 Å². The Hall–Kier alpha value is -1.13. The number of nitrogens with zero attached hydrogens (tertiary/aromatic N) is 2. The van der Waals surface area contributed by atoms with Crippen LogP contribution < -0.4 is 0 Å². The van der Waals surface area contributed by atoms with Crippen LogP contribution in [0.3, 0.4) is 0 Å². The van der Waals surface area contributed by atoms with Crippen molar-refractivity contribution in [2.75, 3.05) is 0 Å². The maximum Gasteiger partial charge on any atom is 0.236 e. The molecule has 0 bridgehead atoms. The van der Waals surface area contributed by atoms with Gasteiger partial charge in [-0.1, -0.05) is 13.8 Å². The molecule has 0 spiro atoms. The monoisotopic (exact) mass is 124 g/mol. The van der Waals surface area contributed by atoms with Gasteiger partial charge in [-0.3, -0.25) is 0 Å². The predicted octanol–water partition coefficient (Wildman–Crippen LogP) is 0.870. The summed E-state index contributed by atoms with van der Waals surface area (Å²) in [7, 11) is 0. The van der Waals surface area contributed by atoms with Gasteiger partial charge in [0.05, 0.1) is 6.07 Å². The molecule has 0 aromatic heterocycles. The zero-order chi connectivity index (χ0) is 7.28. The first-order chi connectivity index (χ1) is 4.22. The van der Waals surface area contributed by atoms with Crippen LogP contribution >= 0.6 is 0 Å². The number of aliphatic imine (C=N–C) groups is 1. The van der Waals surface area contributed by atoms with E-state index in [4.69, 9.17) is 5.26 Å². The topological polar surface area (TPSA) is 53.2 Å². The molecule has 0 heterocycles. The van der Waals surface area contributed by atoms with E-state index in [0.717, 1.165) is 0 Å². The minimum atomic E-state index is -0.525. The van der Waals surface area contributed by atoms with Crippen molar-refractivity contribution in [3.8, 4) is 6.07 Å². The molecule has 0 aliphatic rings. The molecule has 48 valence electrons. The smallest absolute Gasteiger partial charge is 0.211 e. The van der Waals surface area contributed by atoms with Crippen molar-refractivity contribution in [1.29, 1.82) is 5.26 Å². The average molecular weight is 124 g/mol. The standard InChI is InChI=1S/C6H8N2O/c1-5(2)6(3-7)8-4-9/h5-6H,1-2H3/t6-/m1/s1. The number of hydrogen-bond acceptors (Lipinski definition) is 3. The largest absolute Gasteiger partial charge is 0.236 e. The van der Waals surface area contributed by atoms with Gasteiger partial charge in [0.2, 0.25) is 6.08 Å². The Balaban J connectivity index is 4.03. The summed E-state index contributed by atoms with van der Waals surface area (Å²) >= 11 is 0. The van der Waals surface area contributed by atoms with Gasteiger partial charge in [0, 0.05) is 0 Å². The molecule has 0 radical (unpaired) electrons. The zero-order valence-corrected chi connectivity index (χ0v) is 5.46. The molecule has 3 heteroatoms. The number of hydrogen-bond donors (Lipinski definition) is 0. The molecule has 0 aliphatic carbocycles. The lowest BCUT2D eigenvalue weighted by molar-refractivity contribution is 0.542. The molecule has 3 nitrogen and oxygen atoms in total. The molecule has 0 aliphatic heterocycles. The fourth-order valence-electron chi connectivity index (χ4n) is 0.384. The first kappa shape index (κ1) is 7.87. The molecule has 0 unspecified atom stereocenters. The van der Waals surface area contributed by atoms with Crippen LogP contribution in [0.25, 0.3) is 0 Å². The minimum Gasteiger partial charge on any atom is -0.211 e. The maximum absolute atomic E-state index is 9.64. The van der Waals surface area contributed by atoms with Gasteiger partial charge in [-0.05, 0) is 5.92 Å². The highest BCUT2D eigenvalue weighted by atomic mass is 16.1. The second-order valence-corrected chi connectivity index (χ2v) is 2.04. The van der Waals surface area contributed by atoms with E-state index in [2.05, 4.69) is 4.99 Å². The summed E-state index contributed by atoms with van der Waals surface area (Å²) < 4.78 is 0. The third kappa shape index (κ3) is 2.63. The van der Waals surface area contributed by atoms with Gasteiger partial charge in [-0.15, -0.1) is 0 Å². The third-order valence-electron chi connectivity index (χ3n) is 0.956. The molecule has 0 fully saturated rings. The minimum absolute atomic E-state index is 0.0939. The van der Waals surface area contributed by atoms with E-state index >= 15 is 0 Å². The Morgan fingerprint density at radius 2 is 2.11 bits per heavy atom. The van der Waals surface area contributed by atoms with E-state index in [0.29, 0.717) is 0 Å². The number of isocyanates is 1. The Kier molecular flexibility index (Phi) is 3.34. The summed E-state index contributed by atoms with van der Waals surface area (Å²) in [6.07, 6.45) is 1.35. The third-order valence-corrected chi connectivity index (χ3v) is 0.956. The van der Waals surface area contributed by atoms with Gasteiger partial charge in [-0.2, -0.15) is 10.3 Å². The molecule has 0 saturated heterocycles. The molecular formula is C6H8N2O. The molecule has 9 heavy (non-hydrogen) atoms. The van der Waals surface area contributed by atoms with Crippen LogP contribution in [0.15, 0.2) is 4.99 Å². The van der Waals surface area contributed by atoms with E-state index in [1.165, 1.54) is 6.08 Å². The van der Waals surface area contributed by atoms with Crippen molar-refractivity contribution in [2.45, 2.75) is 19.9 Å². The van der Waals surface area contributed by atoms with Crippen molar-refractivity contribution in [3.63, 3.8) is 0 Å². The summed E-state index contributed by atoms with van der Waals surface area (Å²) in [6, 6.07) is 1.35. The molecule has 1 atom stereocenters. The van der Waals surface area contributed by atoms with E-state index in [1.807, 2.05) is 19.9 Å². The first-order valence-corrected chi connectivity index (χ1v) is 2.69. The SMILES string of the molecule is CC(C)[C@@H](C#N)N=C=O. The van der Waals surface area contributed by atoms with Gasteiger partial charge in [0.1, 0.15) is 0 Å². The number of nitriles is 1. The Morgan fingerprint density at radius 1 is 1.56 bits per heavy atom. The van der Waals surface area contributed by atoms with Crippen LogP contribution in [0, 0.1) is 17.2 Å². The maximum atomic E-state index is 9.64. The Labute approximate surface area is 54.0 Å². The van der Waals surface area contributed by atoms with Crippen molar-refractivity contribution in [2.24, 2.45) is 10.9 Å². The number of rotatable bonds is 2. The van der Waals surface area contributed by atoms with Crippen molar-refractivity contribution in [1.82, 2.24) is 0 Å². The van der Waals surface area contributed by atoms with Gasteiger partial charge < -0.3 is 0 Å². The Morgan fingerprint density at radius 3 is 2.22 bits per heavy atom. The van der Waals surface area contributed by atoms with Gasteiger partial charge in [-0.25, -0.2) is 4.79 Å². The molecule has 0 aromatic carbocycles. The van der Waals surface area contributed by atoms with Crippen molar-refractivity contribution >= 4 is 6.08 Å². The molecule has 0 N–H and O–H groups in total. The van der Waals surface area contributed by atoms with Gasteiger partial charge >= 0.3 is 0 Å². The average Bonchev–Trinajstić information content (AvgIpc) is 1.82. The van der Waals surface area contributed by atoms with Gasteiger partial charge in [0.25, 0.3) is 0 Å². The molecule has 0 aromatic rings. The lowest BCUT2D eigenvalue weighted by Crippen LogP contribution is -2.08. The van der Waals surface area contributed by atoms with Gasteiger partial charge in [0.15, 0.2) is 6.04 Å². The molecule has 0 saturated carbocycles. The summed E-state index contributed by atoms with van der Waals surface area (Å²) in [4.78, 5) is 12.9. The van der Waals surface area contributed by atoms with Crippen molar-refractivity contribution < 1.29 is 4.79 Å². The second-order valence-electron chi connectivity index (χ2n) is 2.04. The molecule has 0 rings (SSSR count). The highest BCUT2D eigenvalue weighted by Crippen LogP contribution is 2.02. The highest BCUT2D eigenvalue weighted by molar-refractivity contribution is 5.34. The quantitative estimate of drug-likeness (QED) is 0.405. The zero-order valence-electron chi connectivity index (χ0n) is 5.46. The number of carbonyl (C=O) groups excluding carboxylic acids is 1. The van der Waals surface area contributed by atoms with Crippen LogP contribution in [0.4, 0.5) is 0 Å². The van der Waals surface area contributed by atoms with E-state index in [9.17, 15) is 4.79 Å². The van der Waals surface area contributed by atoms with Crippen molar-refractivity contribution in [3.05, 3.63) is 0 Å². The molecule has 0 amide bonds. The fourth-order valence-corrected chi connectivity index (χ4v) is 0.384. The lowest BCUT2D eigenvalue weighted by Gasteiger charge is -2.02. The highest BCUT2D eigenvalue weighted by Gasteiger charge is 2.08. The van der Waals surface area contributed by atoms with Crippen LogP contribution in [0.1, 0.15) is 13.8 Å². The predicted molar refractivity (Wildman–Crippen MR) is 32.4 cm³/mol. The lowest BCUT2D eigenvalue weighted by atomic mass is 10.1. The van der Waals surface area contributed by atoms with Crippen LogP contribution in [0.5, 0.6) is 0 Å². The summed E-state index contributed by atoms with van der Waals surface area (Å²) in [6.45, 7) is 3.66. The van der Waals surface area contributed by atoms with Crippen LogP contribution in [0.2, 0.25) is 0 Å². The summed E-state index contributed by atoms with van der Waals surface area (Å²) in [5.41, 5.74) is 0. The Bertz CT molecular complexity index is 162. The van der Waals surface area contributed by atoms with E-state index in [1.54, 1.807) is 0 Å². The first-order valence-electron chi connectivity index (χ1n) is 2.69. The summed E-state index contributed by atoms with van der Waals surface area (Å²) in [5.74, 6) is 0.0939. The molecular weight excluding hydrogens is 116 g/mol. The van der Waals surface area contributed by atoms with Crippen LogP contribution in [-0.2, 0) is 4.79 Å². The van der Waals surface area contributed by atoms with E-state index < -0.39 is 6.04 Å². The summed E-state index contributed by atoms with van der Waals surface area (Å²) in [5, 5.41) is 8.30. The fraction of sp³-hybridized carbons (Fsp3) is 0.667. The van der Waals surface area contributed by atoms with Crippen LogP contribution in [-0.4, -0.2) is 12.1 Å². The normalized spacial score (nSPS) is 11.8. The second kappa shape index (κ2) is 3.82.